The number of aliphatic carboxylic acids is 1. The number of aromatic nitrogens is 1. The van der Waals surface area contributed by atoms with Crippen molar-refractivity contribution in [2.75, 3.05) is 0 Å². The van der Waals surface area contributed by atoms with Gasteiger partial charge >= 0.3 is 5.97 Å². The average molecular weight is 283 g/mol. The third kappa shape index (κ3) is 2.78. The van der Waals surface area contributed by atoms with Crippen molar-refractivity contribution < 1.29 is 9.90 Å². The number of carboxylic acid groups (broad SMARTS) is 1. The first-order chi connectivity index (χ1) is 9.96. The van der Waals surface area contributed by atoms with Crippen molar-refractivity contribution in [3.8, 4) is 0 Å². The lowest BCUT2D eigenvalue weighted by molar-refractivity contribution is -0.144. The number of nitrogens with zero attached hydrogens (tertiary/aromatic N) is 1. The molecule has 0 amide bonds. The monoisotopic (exact) mass is 283 g/mol. The molecule has 1 heterocycles. The van der Waals surface area contributed by atoms with Gasteiger partial charge in [-0.3, -0.25) is 9.78 Å². The molecule has 21 heavy (non-hydrogen) atoms. The third-order valence-corrected chi connectivity index (χ3v) is 4.77. The van der Waals surface area contributed by atoms with Crippen molar-refractivity contribution >= 4 is 16.9 Å². The molecule has 0 saturated heterocycles. The molecule has 3 nitrogen and oxygen atoms in total. The molecule has 2 aromatic rings. The van der Waals surface area contributed by atoms with Gasteiger partial charge in [-0.25, -0.2) is 0 Å². The maximum Gasteiger partial charge on any atom is 0.307 e. The molecule has 1 aliphatic carbocycles. The molecule has 3 heteroatoms. The predicted octanol–water partition coefficient (Wildman–Crippen LogP) is 4.23. The van der Waals surface area contributed by atoms with Gasteiger partial charge in [-0.1, -0.05) is 32.0 Å². The molecule has 1 fully saturated rings. The van der Waals surface area contributed by atoms with Gasteiger partial charge in [-0.15, -0.1) is 0 Å². The van der Waals surface area contributed by atoms with E-state index >= 15 is 0 Å². The van der Waals surface area contributed by atoms with Gasteiger partial charge in [0.05, 0.1) is 11.4 Å². The summed E-state index contributed by atoms with van der Waals surface area (Å²) in [6.07, 6.45) is 4.44. The molecular weight excluding hydrogens is 262 g/mol. The first kappa shape index (κ1) is 14.1. The molecule has 2 unspecified atom stereocenters. The van der Waals surface area contributed by atoms with E-state index in [0.717, 1.165) is 35.7 Å². The molecule has 110 valence electrons. The molecule has 1 aliphatic rings. The van der Waals surface area contributed by atoms with Crippen molar-refractivity contribution in [2.45, 2.75) is 39.0 Å². The van der Waals surface area contributed by atoms with Crippen LogP contribution in [-0.2, 0) is 4.79 Å². The fraction of sp³-hybridized carbons (Fsp3) is 0.444. The molecule has 1 aromatic heterocycles. The SMILES string of the molecule is CC1(C)CCC(C(=O)O)C(c2ccc3cccnc3c2)C1. The lowest BCUT2D eigenvalue weighted by atomic mass is 9.65. The highest BCUT2D eigenvalue weighted by Gasteiger charge is 2.39. The number of carbonyl (C=O) groups is 1. The quantitative estimate of drug-likeness (QED) is 0.897. The van der Waals surface area contributed by atoms with Gasteiger partial charge < -0.3 is 5.11 Å². The minimum Gasteiger partial charge on any atom is -0.481 e. The normalized spacial score (nSPS) is 24.9. The first-order valence-corrected chi connectivity index (χ1v) is 7.54. The Bertz CT molecular complexity index is 678. The summed E-state index contributed by atoms with van der Waals surface area (Å²) in [6.45, 7) is 4.47. The van der Waals surface area contributed by atoms with Crippen molar-refractivity contribution in [1.29, 1.82) is 0 Å². The maximum absolute atomic E-state index is 11.6. The highest BCUT2D eigenvalue weighted by atomic mass is 16.4. The van der Waals surface area contributed by atoms with Gasteiger partial charge in [0.15, 0.2) is 0 Å². The van der Waals surface area contributed by atoms with E-state index in [1.807, 2.05) is 12.1 Å². The van der Waals surface area contributed by atoms with Gasteiger partial charge in [0.2, 0.25) is 0 Å². The fourth-order valence-electron chi connectivity index (χ4n) is 3.55. The van der Waals surface area contributed by atoms with Crippen LogP contribution in [0.4, 0.5) is 0 Å². The zero-order valence-electron chi connectivity index (χ0n) is 12.5. The van der Waals surface area contributed by atoms with Crippen LogP contribution in [0.3, 0.4) is 0 Å². The minimum absolute atomic E-state index is 0.0812. The Morgan fingerprint density at radius 3 is 2.90 bits per heavy atom. The molecule has 0 radical (unpaired) electrons. The van der Waals surface area contributed by atoms with Crippen LogP contribution in [0.15, 0.2) is 36.5 Å². The second-order valence-corrected chi connectivity index (χ2v) is 6.91. The Morgan fingerprint density at radius 1 is 1.33 bits per heavy atom. The van der Waals surface area contributed by atoms with Gasteiger partial charge in [0.25, 0.3) is 0 Å². The summed E-state index contributed by atoms with van der Waals surface area (Å²) in [5.41, 5.74) is 2.26. The topological polar surface area (TPSA) is 50.2 Å². The van der Waals surface area contributed by atoms with E-state index in [9.17, 15) is 9.90 Å². The van der Waals surface area contributed by atoms with Crippen molar-refractivity contribution in [1.82, 2.24) is 4.98 Å². The summed E-state index contributed by atoms with van der Waals surface area (Å²) < 4.78 is 0. The standard InChI is InChI=1S/C18H21NO2/c1-18(2)8-7-14(17(20)21)15(11-18)13-6-5-12-4-3-9-19-16(12)10-13/h3-6,9-10,14-15H,7-8,11H2,1-2H3,(H,20,21). The lowest BCUT2D eigenvalue weighted by Gasteiger charge is -2.39. The maximum atomic E-state index is 11.6. The molecule has 1 N–H and O–H groups in total. The molecule has 3 rings (SSSR count). The predicted molar refractivity (Wildman–Crippen MR) is 83.2 cm³/mol. The molecule has 0 aliphatic heterocycles. The zero-order chi connectivity index (χ0) is 15.0. The number of benzene rings is 1. The summed E-state index contributed by atoms with van der Waals surface area (Å²) in [5.74, 6) is -0.867. The van der Waals surface area contributed by atoms with Crippen LogP contribution in [0.25, 0.3) is 10.9 Å². The Kier molecular flexibility index (Phi) is 3.44. The van der Waals surface area contributed by atoms with E-state index in [2.05, 4.69) is 37.0 Å². The number of carboxylic acids is 1. The Hall–Kier alpha value is -1.90. The summed E-state index contributed by atoms with van der Waals surface area (Å²) >= 11 is 0. The second kappa shape index (κ2) is 5.14. The minimum atomic E-state index is -0.670. The molecule has 2 atom stereocenters. The van der Waals surface area contributed by atoms with Crippen LogP contribution in [-0.4, -0.2) is 16.1 Å². The van der Waals surface area contributed by atoms with Gasteiger partial charge in [0.1, 0.15) is 0 Å². The molecular formula is C18H21NO2. The Balaban J connectivity index is 2.02. The largest absolute Gasteiger partial charge is 0.481 e. The first-order valence-electron chi connectivity index (χ1n) is 7.54. The van der Waals surface area contributed by atoms with E-state index < -0.39 is 5.97 Å². The Labute approximate surface area is 125 Å². The third-order valence-electron chi connectivity index (χ3n) is 4.77. The van der Waals surface area contributed by atoms with Gasteiger partial charge in [-0.2, -0.15) is 0 Å². The van der Waals surface area contributed by atoms with Crippen LogP contribution < -0.4 is 0 Å². The second-order valence-electron chi connectivity index (χ2n) is 6.91. The van der Waals surface area contributed by atoms with Gasteiger partial charge in [-0.05, 0) is 48.3 Å². The summed E-state index contributed by atoms with van der Waals surface area (Å²) in [4.78, 5) is 16.0. The van der Waals surface area contributed by atoms with Crippen LogP contribution in [0.5, 0.6) is 0 Å². The number of hydrogen-bond acceptors (Lipinski definition) is 2. The molecule has 1 saturated carbocycles. The van der Waals surface area contributed by atoms with Crippen molar-refractivity contribution in [2.24, 2.45) is 11.3 Å². The van der Waals surface area contributed by atoms with E-state index in [0.29, 0.717) is 0 Å². The van der Waals surface area contributed by atoms with E-state index in [1.54, 1.807) is 6.20 Å². The zero-order valence-corrected chi connectivity index (χ0v) is 12.5. The highest BCUT2D eigenvalue weighted by molar-refractivity contribution is 5.79. The lowest BCUT2D eigenvalue weighted by Crippen LogP contribution is -2.33. The van der Waals surface area contributed by atoms with Crippen LogP contribution >= 0.6 is 0 Å². The van der Waals surface area contributed by atoms with E-state index in [4.69, 9.17) is 0 Å². The van der Waals surface area contributed by atoms with E-state index in [1.165, 1.54) is 0 Å². The van der Waals surface area contributed by atoms with Gasteiger partial charge in [0, 0.05) is 11.6 Å². The molecule has 0 bridgehead atoms. The van der Waals surface area contributed by atoms with Crippen LogP contribution in [0, 0.1) is 11.3 Å². The van der Waals surface area contributed by atoms with Crippen LogP contribution in [0.2, 0.25) is 0 Å². The Morgan fingerprint density at radius 2 is 2.14 bits per heavy atom. The molecule has 1 aromatic carbocycles. The number of fused-ring (bicyclic) bond motifs is 1. The van der Waals surface area contributed by atoms with Crippen LogP contribution in [0.1, 0.15) is 44.6 Å². The fourth-order valence-corrected chi connectivity index (χ4v) is 3.55. The summed E-state index contributed by atoms with van der Waals surface area (Å²) in [5, 5.41) is 10.6. The summed E-state index contributed by atoms with van der Waals surface area (Å²) in [6, 6.07) is 10.2. The van der Waals surface area contributed by atoms with Crippen molar-refractivity contribution in [3.63, 3.8) is 0 Å². The summed E-state index contributed by atoms with van der Waals surface area (Å²) in [7, 11) is 0. The van der Waals surface area contributed by atoms with E-state index in [-0.39, 0.29) is 17.3 Å². The number of hydrogen-bond donors (Lipinski definition) is 1. The number of rotatable bonds is 2. The molecule has 0 spiro atoms. The average Bonchev–Trinajstić information content (AvgIpc) is 2.45. The smallest absolute Gasteiger partial charge is 0.307 e. The highest BCUT2D eigenvalue weighted by Crippen LogP contribution is 2.47. The number of pyridine rings is 1. The van der Waals surface area contributed by atoms with Crippen molar-refractivity contribution in [3.05, 3.63) is 42.1 Å².